The van der Waals surface area contributed by atoms with Gasteiger partial charge in [0.1, 0.15) is 5.60 Å². The molecule has 29 heavy (non-hydrogen) atoms. The molecule has 0 radical (unpaired) electrons. The third-order valence-electron chi connectivity index (χ3n) is 4.32. The highest BCUT2D eigenvalue weighted by atomic mass is 127. The zero-order valence-electron chi connectivity index (χ0n) is 18.6. The number of nitrogens with zero attached hydrogens (tertiary/aromatic N) is 2. The van der Waals surface area contributed by atoms with Gasteiger partial charge in [0, 0.05) is 33.1 Å². The first-order valence-electron chi connectivity index (χ1n) is 10.4. The van der Waals surface area contributed by atoms with E-state index in [1.165, 1.54) is 0 Å². The minimum absolute atomic E-state index is 0. The second-order valence-corrected chi connectivity index (χ2v) is 8.02. The molecule has 2 N–H and O–H groups in total. The average Bonchev–Trinajstić information content (AvgIpc) is 3.04. The van der Waals surface area contributed by atoms with Crippen molar-refractivity contribution in [1.82, 2.24) is 15.5 Å². The number of hydrogen-bond donors (Lipinski definition) is 2. The lowest BCUT2D eigenvalue weighted by atomic mass is 10.1. The fraction of sp³-hybridized carbons (Fsp3) is 0.850. The van der Waals surface area contributed by atoms with Crippen LogP contribution in [0, 0.1) is 0 Å². The van der Waals surface area contributed by atoms with E-state index < -0.39 is 5.60 Å². The van der Waals surface area contributed by atoms with Crippen LogP contribution in [0.5, 0.6) is 0 Å². The Morgan fingerprint density at radius 3 is 2.48 bits per heavy atom. The first kappa shape index (κ1) is 27.7. The van der Waals surface area contributed by atoms with Gasteiger partial charge in [-0.3, -0.25) is 9.79 Å². The van der Waals surface area contributed by atoms with Crippen molar-refractivity contribution in [1.29, 1.82) is 0 Å². The smallest absolute Gasteiger partial charge is 0.407 e. The molecule has 1 heterocycles. The Labute approximate surface area is 192 Å². The Morgan fingerprint density at radius 1 is 1.17 bits per heavy atom. The molecular weight excluding hydrogens is 487 g/mol. The number of amides is 1. The van der Waals surface area contributed by atoms with E-state index in [0.717, 1.165) is 57.7 Å². The molecule has 0 spiro atoms. The van der Waals surface area contributed by atoms with Crippen molar-refractivity contribution in [3.63, 3.8) is 0 Å². The van der Waals surface area contributed by atoms with E-state index in [0.29, 0.717) is 13.0 Å². The lowest BCUT2D eigenvalue weighted by molar-refractivity contribution is -0.143. The Morgan fingerprint density at radius 2 is 1.86 bits per heavy atom. The standard InChI is InChI=1S/C20H38N4O4.HI/c1-6-27-17(25)11-9-7-8-10-13-22-18(21-5)24-14-12-16(15-24)23-19(26)28-20(2,3)4;/h16H,6-15H2,1-5H3,(H,21,22)(H,23,26);1H. The molecule has 1 rings (SSSR count). The minimum Gasteiger partial charge on any atom is -0.466 e. The molecule has 0 aromatic carbocycles. The zero-order chi connectivity index (χ0) is 21.0. The second kappa shape index (κ2) is 14.7. The molecule has 170 valence electrons. The van der Waals surface area contributed by atoms with Crippen molar-refractivity contribution in [3.8, 4) is 0 Å². The van der Waals surface area contributed by atoms with Gasteiger partial charge in [-0.05, 0) is 47.0 Å². The number of likely N-dealkylation sites (tertiary alicyclic amines) is 1. The molecule has 0 aromatic rings. The number of carbonyl (C=O) groups is 2. The number of guanidine groups is 1. The number of alkyl carbamates (subject to hydrolysis) is 1. The van der Waals surface area contributed by atoms with Crippen LogP contribution < -0.4 is 10.6 Å². The highest BCUT2D eigenvalue weighted by Crippen LogP contribution is 2.12. The van der Waals surface area contributed by atoms with E-state index in [4.69, 9.17) is 9.47 Å². The molecule has 1 aliphatic heterocycles. The minimum atomic E-state index is -0.490. The van der Waals surface area contributed by atoms with Crippen LogP contribution in [0.1, 0.15) is 66.2 Å². The number of aliphatic imine (C=N–C) groups is 1. The van der Waals surface area contributed by atoms with Crippen LogP contribution in [0.15, 0.2) is 4.99 Å². The van der Waals surface area contributed by atoms with Crippen LogP contribution in [0.3, 0.4) is 0 Å². The fourth-order valence-electron chi connectivity index (χ4n) is 3.06. The highest BCUT2D eigenvalue weighted by Gasteiger charge is 2.27. The first-order valence-corrected chi connectivity index (χ1v) is 10.4. The SMILES string of the molecule is CCOC(=O)CCCCCCNC(=NC)N1CCC(NC(=O)OC(C)(C)C)C1.I. The van der Waals surface area contributed by atoms with Crippen molar-refractivity contribution in [2.45, 2.75) is 77.9 Å². The summed E-state index contributed by atoms with van der Waals surface area (Å²) in [7, 11) is 1.77. The predicted molar refractivity (Wildman–Crippen MR) is 126 cm³/mol. The van der Waals surface area contributed by atoms with Crippen molar-refractivity contribution in [3.05, 3.63) is 0 Å². The van der Waals surface area contributed by atoms with E-state index in [-0.39, 0.29) is 42.1 Å². The molecular formula is C20H39IN4O4. The Kier molecular flexibility index (Phi) is 14.0. The van der Waals surface area contributed by atoms with Crippen LogP contribution in [-0.4, -0.2) is 67.9 Å². The largest absolute Gasteiger partial charge is 0.466 e. The van der Waals surface area contributed by atoms with Crippen molar-refractivity contribution < 1.29 is 19.1 Å². The summed E-state index contributed by atoms with van der Waals surface area (Å²) in [5, 5.41) is 6.31. The maximum Gasteiger partial charge on any atom is 0.407 e. The molecule has 1 unspecified atom stereocenters. The van der Waals surface area contributed by atoms with Gasteiger partial charge in [-0.25, -0.2) is 4.79 Å². The maximum atomic E-state index is 11.9. The van der Waals surface area contributed by atoms with Gasteiger partial charge in [-0.1, -0.05) is 12.8 Å². The predicted octanol–water partition coefficient (Wildman–Crippen LogP) is 3.29. The average molecular weight is 526 g/mol. The molecule has 1 atom stereocenters. The lowest BCUT2D eigenvalue weighted by Gasteiger charge is -2.23. The highest BCUT2D eigenvalue weighted by molar-refractivity contribution is 14.0. The Bertz CT molecular complexity index is 523. The summed E-state index contributed by atoms with van der Waals surface area (Å²) in [6, 6.07) is 0.0660. The molecule has 1 saturated heterocycles. The van der Waals surface area contributed by atoms with Crippen LogP contribution in [-0.2, 0) is 14.3 Å². The monoisotopic (exact) mass is 526 g/mol. The van der Waals surface area contributed by atoms with Gasteiger partial charge in [-0.2, -0.15) is 0 Å². The number of unbranched alkanes of at least 4 members (excludes halogenated alkanes) is 3. The van der Waals surface area contributed by atoms with Gasteiger partial charge in [0.25, 0.3) is 0 Å². The summed E-state index contributed by atoms with van der Waals surface area (Å²) in [6.07, 6.45) is 4.98. The third kappa shape index (κ3) is 12.8. The number of nitrogens with one attached hydrogen (secondary N) is 2. The summed E-state index contributed by atoms with van der Waals surface area (Å²) in [6.45, 7) is 10.3. The van der Waals surface area contributed by atoms with Crippen molar-refractivity contribution in [2.75, 3.05) is 33.3 Å². The molecule has 8 nitrogen and oxygen atoms in total. The van der Waals surface area contributed by atoms with E-state index in [1.807, 2.05) is 27.7 Å². The van der Waals surface area contributed by atoms with Gasteiger partial charge in [0.15, 0.2) is 5.96 Å². The topological polar surface area (TPSA) is 92.3 Å². The third-order valence-corrected chi connectivity index (χ3v) is 4.32. The van der Waals surface area contributed by atoms with Crippen LogP contribution in [0.4, 0.5) is 4.79 Å². The molecule has 0 saturated carbocycles. The summed E-state index contributed by atoms with van der Waals surface area (Å²) in [4.78, 5) is 29.7. The Hall–Kier alpha value is -1.26. The maximum absolute atomic E-state index is 11.9. The van der Waals surface area contributed by atoms with Gasteiger partial charge < -0.3 is 25.0 Å². The summed E-state index contributed by atoms with van der Waals surface area (Å²) in [5.74, 6) is 0.754. The van der Waals surface area contributed by atoms with E-state index in [2.05, 4.69) is 20.5 Å². The van der Waals surface area contributed by atoms with Gasteiger partial charge in [0.2, 0.25) is 0 Å². The van der Waals surface area contributed by atoms with E-state index >= 15 is 0 Å². The summed E-state index contributed by atoms with van der Waals surface area (Å²) >= 11 is 0. The van der Waals surface area contributed by atoms with Gasteiger partial charge >= 0.3 is 12.1 Å². The van der Waals surface area contributed by atoms with Gasteiger partial charge in [-0.15, -0.1) is 24.0 Å². The molecule has 0 bridgehead atoms. The van der Waals surface area contributed by atoms with Gasteiger partial charge in [0.05, 0.1) is 12.6 Å². The molecule has 0 aromatic heterocycles. The number of rotatable bonds is 9. The number of ether oxygens (including phenoxy) is 2. The lowest BCUT2D eigenvalue weighted by Crippen LogP contribution is -2.44. The Balaban J connectivity index is 0.00000784. The van der Waals surface area contributed by atoms with Crippen LogP contribution >= 0.6 is 24.0 Å². The molecule has 1 fully saturated rings. The second-order valence-electron chi connectivity index (χ2n) is 8.02. The molecule has 1 aliphatic rings. The number of halogens is 1. The number of hydrogen-bond acceptors (Lipinski definition) is 5. The number of esters is 1. The van der Waals surface area contributed by atoms with Crippen LogP contribution in [0.25, 0.3) is 0 Å². The van der Waals surface area contributed by atoms with Crippen molar-refractivity contribution >= 4 is 42.0 Å². The van der Waals surface area contributed by atoms with Crippen molar-refractivity contribution in [2.24, 2.45) is 4.99 Å². The summed E-state index contributed by atoms with van der Waals surface area (Å²) < 4.78 is 10.2. The molecule has 9 heteroatoms. The fourth-order valence-corrected chi connectivity index (χ4v) is 3.06. The van der Waals surface area contributed by atoms with E-state index in [9.17, 15) is 9.59 Å². The van der Waals surface area contributed by atoms with E-state index in [1.54, 1.807) is 7.05 Å². The normalized spacial score (nSPS) is 16.8. The zero-order valence-corrected chi connectivity index (χ0v) is 20.9. The quantitative estimate of drug-likeness (QED) is 0.158. The first-order chi connectivity index (χ1) is 13.2. The summed E-state index contributed by atoms with van der Waals surface area (Å²) in [5.41, 5.74) is -0.490. The molecule has 1 amide bonds. The van der Waals surface area contributed by atoms with Crippen LogP contribution in [0.2, 0.25) is 0 Å². The molecule has 0 aliphatic carbocycles. The number of carbonyl (C=O) groups excluding carboxylic acids is 2.